The van der Waals surface area contributed by atoms with Crippen LogP contribution in [0.25, 0.3) is 0 Å². The fourth-order valence-corrected chi connectivity index (χ4v) is 0.731. The number of hydrogen-bond donors (Lipinski definition) is 0. The summed E-state index contributed by atoms with van der Waals surface area (Å²) in [5.41, 5.74) is 0. The Kier molecular flexibility index (Phi) is 1.93. The highest BCUT2D eigenvalue weighted by Crippen LogP contribution is 2.08. The van der Waals surface area contributed by atoms with Gasteiger partial charge in [0.25, 0.3) is 0 Å². The van der Waals surface area contributed by atoms with Gasteiger partial charge in [0, 0.05) is 0 Å². The van der Waals surface area contributed by atoms with Crippen LogP contribution in [0.5, 0.6) is 0 Å². The average molecular weight is 212 g/mol. The molecule has 40 valence electrons. The van der Waals surface area contributed by atoms with E-state index in [9.17, 15) is 0 Å². The van der Waals surface area contributed by atoms with Gasteiger partial charge >= 0.3 is 0 Å². The third kappa shape index (κ3) is 1.31. The zero-order valence-corrected chi connectivity index (χ0v) is 5.84. The molecule has 0 bridgehead atoms. The van der Waals surface area contributed by atoms with Gasteiger partial charge in [0.2, 0.25) is 0 Å². The zero-order chi connectivity index (χ0) is 5.11. The van der Waals surface area contributed by atoms with Crippen LogP contribution in [0.3, 0.4) is 0 Å². The normalized spacial score (nSPS) is 19.3. The van der Waals surface area contributed by atoms with Gasteiger partial charge in [-0.3, -0.25) is 0 Å². The van der Waals surface area contributed by atoms with E-state index in [1.165, 1.54) is 0 Å². The molecule has 0 spiro atoms. The van der Waals surface area contributed by atoms with E-state index in [4.69, 9.17) is 7.80 Å². The van der Waals surface area contributed by atoms with Gasteiger partial charge < -0.3 is 7.80 Å². The van der Waals surface area contributed by atoms with Crippen LogP contribution >= 0.6 is 23.0 Å². The molecule has 7 heavy (non-hydrogen) atoms. The molecule has 0 aromatic heterocycles. The Balaban J connectivity index is 2.36. The van der Waals surface area contributed by atoms with Gasteiger partial charge in [-0.15, -0.1) is 0 Å². The predicted octanol–water partition coefficient (Wildman–Crippen LogP) is 1.27. The van der Waals surface area contributed by atoms with E-state index in [-0.39, 0.29) is 0 Å². The van der Waals surface area contributed by atoms with E-state index in [1.54, 1.807) is 0 Å². The Morgan fingerprint density at radius 1 is 1.86 bits per heavy atom. The van der Waals surface area contributed by atoms with Crippen LogP contribution in [-0.2, 0) is 7.80 Å². The maximum atomic E-state index is 4.93. The molecule has 0 aliphatic carbocycles. The second-order valence-electron chi connectivity index (χ2n) is 1.26. The summed E-state index contributed by atoms with van der Waals surface area (Å²) in [5.74, 6) is 0.931. The van der Waals surface area contributed by atoms with Gasteiger partial charge in [0.15, 0.2) is 23.0 Å². The Morgan fingerprint density at radius 3 is 3.00 bits per heavy atom. The summed E-state index contributed by atoms with van der Waals surface area (Å²) >= 11 is 1.84. The van der Waals surface area contributed by atoms with E-state index >= 15 is 0 Å². The molecular formula is C4H5IO2. The van der Waals surface area contributed by atoms with Gasteiger partial charge in [-0.2, -0.15) is 0 Å². The molecule has 0 atom stereocenters. The Morgan fingerprint density at radius 2 is 2.71 bits per heavy atom. The molecule has 0 fully saturated rings. The van der Waals surface area contributed by atoms with Crippen molar-refractivity contribution in [2.24, 2.45) is 0 Å². The first-order valence-electron chi connectivity index (χ1n) is 1.99. The second-order valence-corrected chi connectivity index (χ2v) is 1.70. The van der Waals surface area contributed by atoms with Crippen molar-refractivity contribution in [1.82, 2.24) is 0 Å². The van der Waals surface area contributed by atoms with Crippen molar-refractivity contribution in [2.75, 3.05) is 13.2 Å². The third-order valence-corrected chi connectivity index (χ3v) is 1.34. The fraction of sp³-hybridized carbons (Fsp3) is 0.500. The molecule has 0 radical (unpaired) electrons. The van der Waals surface area contributed by atoms with Gasteiger partial charge in [-0.1, -0.05) is 0 Å². The van der Waals surface area contributed by atoms with Crippen molar-refractivity contribution in [3.63, 3.8) is 0 Å². The molecule has 1 aliphatic rings. The smallest absolute Gasteiger partial charge is 0.192 e. The van der Waals surface area contributed by atoms with Crippen LogP contribution in [-0.4, -0.2) is 13.2 Å². The maximum absolute atomic E-state index is 4.93. The number of hydrogen-bond acceptors (Lipinski definition) is 2. The standard InChI is InChI=1S/C4H5IO2/c5-7-4-1-2-6-3-4/h1H,2-3H2. The summed E-state index contributed by atoms with van der Waals surface area (Å²) in [4.78, 5) is 0. The lowest BCUT2D eigenvalue weighted by Crippen LogP contribution is -1.84. The number of ether oxygens (including phenoxy) is 1. The lowest BCUT2D eigenvalue weighted by molar-refractivity contribution is 0.194. The number of halogens is 1. The minimum Gasteiger partial charge on any atom is -0.430 e. The maximum Gasteiger partial charge on any atom is 0.192 e. The van der Waals surface area contributed by atoms with E-state index in [0.29, 0.717) is 13.2 Å². The number of rotatable bonds is 1. The Hall–Kier alpha value is 0.230. The van der Waals surface area contributed by atoms with Crippen molar-refractivity contribution >= 4 is 23.0 Å². The van der Waals surface area contributed by atoms with Crippen LogP contribution in [0.1, 0.15) is 0 Å². The summed E-state index contributed by atoms with van der Waals surface area (Å²) in [6.07, 6.45) is 1.92. The van der Waals surface area contributed by atoms with Gasteiger partial charge in [-0.25, -0.2) is 0 Å². The topological polar surface area (TPSA) is 18.5 Å². The molecule has 0 saturated carbocycles. The van der Waals surface area contributed by atoms with Crippen LogP contribution in [0.2, 0.25) is 0 Å². The van der Waals surface area contributed by atoms with E-state index < -0.39 is 0 Å². The first-order valence-corrected chi connectivity index (χ1v) is 2.87. The van der Waals surface area contributed by atoms with Gasteiger partial charge in [0.1, 0.15) is 12.4 Å². The highest BCUT2D eigenvalue weighted by atomic mass is 127. The minimum absolute atomic E-state index is 0.642. The molecule has 2 nitrogen and oxygen atoms in total. The van der Waals surface area contributed by atoms with E-state index in [0.717, 1.165) is 5.76 Å². The van der Waals surface area contributed by atoms with Crippen LogP contribution in [0.15, 0.2) is 11.8 Å². The molecule has 0 saturated heterocycles. The predicted molar refractivity (Wildman–Crippen MR) is 34.0 cm³/mol. The lowest BCUT2D eigenvalue weighted by atomic mass is 10.5. The summed E-state index contributed by atoms with van der Waals surface area (Å²) in [7, 11) is 0. The molecule has 0 N–H and O–H groups in total. The van der Waals surface area contributed by atoms with Crippen LogP contribution in [0.4, 0.5) is 0 Å². The van der Waals surface area contributed by atoms with Crippen molar-refractivity contribution in [3.05, 3.63) is 11.8 Å². The molecular weight excluding hydrogens is 207 g/mol. The lowest BCUT2D eigenvalue weighted by Gasteiger charge is -1.90. The quantitative estimate of drug-likeness (QED) is 0.609. The van der Waals surface area contributed by atoms with Crippen molar-refractivity contribution in [2.45, 2.75) is 0 Å². The molecule has 0 unspecified atom stereocenters. The highest BCUT2D eigenvalue weighted by molar-refractivity contribution is 14.1. The van der Waals surface area contributed by atoms with Gasteiger partial charge in [-0.05, 0) is 6.08 Å². The average Bonchev–Trinajstić information content (AvgIpc) is 2.14. The van der Waals surface area contributed by atoms with Crippen molar-refractivity contribution in [3.8, 4) is 0 Å². The first kappa shape index (κ1) is 5.37. The molecule has 1 aliphatic heterocycles. The third-order valence-electron chi connectivity index (χ3n) is 0.772. The summed E-state index contributed by atoms with van der Waals surface area (Å²) in [6, 6.07) is 0. The summed E-state index contributed by atoms with van der Waals surface area (Å²) < 4.78 is 9.74. The van der Waals surface area contributed by atoms with Crippen LogP contribution < -0.4 is 0 Å². The molecule has 0 aromatic carbocycles. The monoisotopic (exact) mass is 212 g/mol. The highest BCUT2D eigenvalue weighted by Gasteiger charge is 2.02. The SMILES string of the molecule is IOC1=CCOC1. The van der Waals surface area contributed by atoms with Crippen LogP contribution in [0, 0.1) is 0 Å². The molecule has 0 amide bonds. The molecule has 1 heterocycles. The largest absolute Gasteiger partial charge is 0.430 e. The first-order chi connectivity index (χ1) is 3.43. The molecule has 3 heteroatoms. The Labute approximate surface area is 56.2 Å². The van der Waals surface area contributed by atoms with Crippen molar-refractivity contribution in [1.29, 1.82) is 0 Å². The van der Waals surface area contributed by atoms with E-state index in [1.807, 2.05) is 29.1 Å². The zero-order valence-electron chi connectivity index (χ0n) is 3.69. The van der Waals surface area contributed by atoms with E-state index in [2.05, 4.69) is 0 Å². The Bertz CT molecular complexity index is 89.7. The summed E-state index contributed by atoms with van der Waals surface area (Å²) in [6.45, 7) is 1.35. The molecule has 0 aromatic rings. The van der Waals surface area contributed by atoms with Crippen molar-refractivity contribution < 1.29 is 7.80 Å². The minimum atomic E-state index is 0.642. The molecule has 1 rings (SSSR count). The van der Waals surface area contributed by atoms with Gasteiger partial charge in [0.05, 0.1) is 6.61 Å². The fourth-order valence-electron chi connectivity index (χ4n) is 0.424. The summed E-state index contributed by atoms with van der Waals surface area (Å²) in [5, 5.41) is 0. The second kappa shape index (κ2) is 2.52.